The van der Waals surface area contributed by atoms with Crippen molar-refractivity contribution in [3.63, 3.8) is 0 Å². The maximum atomic E-state index is 5.70. The summed E-state index contributed by atoms with van der Waals surface area (Å²) < 4.78 is 0. The van der Waals surface area contributed by atoms with Crippen molar-refractivity contribution in [2.75, 3.05) is 0 Å². The van der Waals surface area contributed by atoms with Crippen LogP contribution in [0.5, 0.6) is 0 Å². The first-order valence-electron chi connectivity index (χ1n) is 4.10. The molecule has 0 aromatic carbocycles. The summed E-state index contributed by atoms with van der Waals surface area (Å²) in [6, 6.07) is 1.85. The molecule has 2 rings (SSSR count). The Hall–Kier alpha value is -1.00. The van der Waals surface area contributed by atoms with E-state index < -0.39 is 0 Å². The molecule has 2 aromatic heterocycles. The topological polar surface area (TPSA) is 38.7 Å². The monoisotopic (exact) mass is 225 g/mol. The molecular weight excluding hydrogens is 218 g/mol. The van der Waals surface area contributed by atoms with Crippen molar-refractivity contribution in [2.45, 2.75) is 12.8 Å². The quantitative estimate of drug-likeness (QED) is 0.738. The summed E-state index contributed by atoms with van der Waals surface area (Å²) in [6.45, 7) is 1.86. The molecule has 0 unspecified atom stereocenters. The second-order valence-corrected chi connectivity index (χ2v) is 4.14. The van der Waals surface area contributed by atoms with Gasteiger partial charge in [-0.3, -0.25) is 0 Å². The molecule has 0 aliphatic rings. The standard InChI is InChI=1S/C9H8ClN3S/c1-6-11-3-2-8(13-6)9-12-5-7(4-10)14-9/h2-3,5H,4H2,1H3. The third kappa shape index (κ3) is 1.91. The van der Waals surface area contributed by atoms with Crippen LogP contribution in [0.1, 0.15) is 10.7 Å². The first kappa shape index (κ1) is 9.55. The summed E-state index contributed by atoms with van der Waals surface area (Å²) in [5, 5.41) is 0.895. The zero-order valence-electron chi connectivity index (χ0n) is 7.57. The summed E-state index contributed by atoms with van der Waals surface area (Å²) in [5.41, 5.74) is 0.860. The van der Waals surface area contributed by atoms with Gasteiger partial charge in [-0.1, -0.05) is 0 Å². The van der Waals surface area contributed by atoms with Crippen molar-refractivity contribution < 1.29 is 0 Å². The van der Waals surface area contributed by atoms with E-state index in [1.807, 2.05) is 13.0 Å². The molecule has 2 aromatic rings. The van der Waals surface area contributed by atoms with E-state index in [1.54, 1.807) is 23.7 Å². The second-order valence-electron chi connectivity index (χ2n) is 2.75. The van der Waals surface area contributed by atoms with Gasteiger partial charge in [0.1, 0.15) is 16.5 Å². The fourth-order valence-electron chi connectivity index (χ4n) is 1.06. The van der Waals surface area contributed by atoms with Gasteiger partial charge in [0.2, 0.25) is 0 Å². The number of hydrogen-bond donors (Lipinski definition) is 0. The van der Waals surface area contributed by atoms with Crippen LogP contribution >= 0.6 is 22.9 Å². The first-order chi connectivity index (χ1) is 6.79. The van der Waals surface area contributed by atoms with E-state index in [2.05, 4.69) is 15.0 Å². The predicted molar refractivity (Wildman–Crippen MR) is 57.4 cm³/mol. The SMILES string of the molecule is Cc1nccc(-c2ncc(CCl)s2)n1. The molecule has 0 amide bonds. The van der Waals surface area contributed by atoms with Gasteiger partial charge < -0.3 is 0 Å². The Morgan fingerprint density at radius 2 is 2.29 bits per heavy atom. The Labute approximate surface area is 90.8 Å². The molecule has 0 saturated carbocycles. The number of thiazole rings is 1. The van der Waals surface area contributed by atoms with Crippen molar-refractivity contribution >= 4 is 22.9 Å². The van der Waals surface area contributed by atoms with Crippen molar-refractivity contribution in [1.29, 1.82) is 0 Å². The van der Waals surface area contributed by atoms with Gasteiger partial charge in [-0.2, -0.15) is 0 Å². The van der Waals surface area contributed by atoms with Crippen molar-refractivity contribution in [3.05, 3.63) is 29.2 Å². The third-order valence-electron chi connectivity index (χ3n) is 1.68. The Morgan fingerprint density at radius 1 is 1.43 bits per heavy atom. The molecule has 0 N–H and O–H groups in total. The van der Waals surface area contributed by atoms with E-state index in [0.717, 1.165) is 21.4 Å². The minimum absolute atomic E-state index is 0.502. The number of aromatic nitrogens is 3. The lowest BCUT2D eigenvalue weighted by atomic mass is 10.4. The van der Waals surface area contributed by atoms with Crippen LogP contribution in [-0.2, 0) is 5.88 Å². The Bertz CT molecular complexity index is 441. The molecule has 0 bridgehead atoms. The van der Waals surface area contributed by atoms with E-state index in [-0.39, 0.29) is 0 Å². The highest BCUT2D eigenvalue weighted by atomic mass is 35.5. The molecule has 0 saturated heterocycles. The lowest BCUT2D eigenvalue weighted by Gasteiger charge is -1.95. The van der Waals surface area contributed by atoms with E-state index in [1.165, 1.54) is 0 Å². The fourth-order valence-corrected chi connectivity index (χ4v) is 2.03. The van der Waals surface area contributed by atoms with Gasteiger partial charge in [-0.05, 0) is 13.0 Å². The lowest BCUT2D eigenvalue weighted by Crippen LogP contribution is -1.88. The van der Waals surface area contributed by atoms with Crippen LogP contribution in [0.3, 0.4) is 0 Å². The molecular formula is C9H8ClN3S. The molecule has 0 atom stereocenters. The van der Waals surface area contributed by atoms with E-state index >= 15 is 0 Å². The highest BCUT2D eigenvalue weighted by molar-refractivity contribution is 7.15. The molecule has 3 nitrogen and oxygen atoms in total. The van der Waals surface area contributed by atoms with Crippen LogP contribution in [0, 0.1) is 6.92 Å². The molecule has 0 spiro atoms. The van der Waals surface area contributed by atoms with Crippen molar-refractivity contribution in [2.24, 2.45) is 0 Å². The van der Waals surface area contributed by atoms with E-state index in [9.17, 15) is 0 Å². The zero-order valence-corrected chi connectivity index (χ0v) is 9.14. The number of hydrogen-bond acceptors (Lipinski definition) is 4. The average Bonchev–Trinajstić information content (AvgIpc) is 2.66. The molecule has 0 radical (unpaired) electrons. The van der Waals surface area contributed by atoms with Gasteiger partial charge in [-0.15, -0.1) is 22.9 Å². The lowest BCUT2D eigenvalue weighted by molar-refractivity contribution is 1.06. The molecule has 72 valence electrons. The van der Waals surface area contributed by atoms with Crippen LogP contribution in [0.25, 0.3) is 10.7 Å². The number of halogens is 1. The average molecular weight is 226 g/mol. The fraction of sp³-hybridized carbons (Fsp3) is 0.222. The highest BCUT2D eigenvalue weighted by Crippen LogP contribution is 2.23. The summed E-state index contributed by atoms with van der Waals surface area (Å²) in [5.74, 6) is 1.26. The van der Waals surface area contributed by atoms with Gasteiger partial charge in [0, 0.05) is 17.3 Å². The zero-order chi connectivity index (χ0) is 9.97. The van der Waals surface area contributed by atoms with Gasteiger partial charge in [0.15, 0.2) is 0 Å². The van der Waals surface area contributed by atoms with Gasteiger partial charge in [-0.25, -0.2) is 15.0 Å². The van der Waals surface area contributed by atoms with Crippen molar-refractivity contribution in [3.8, 4) is 10.7 Å². The summed E-state index contributed by atoms with van der Waals surface area (Å²) in [6.07, 6.45) is 3.52. The number of aryl methyl sites for hydroxylation is 1. The van der Waals surface area contributed by atoms with Crippen molar-refractivity contribution in [1.82, 2.24) is 15.0 Å². The Kier molecular flexibility index (Phi) is 2.74. The predicted octanol–water partition coefficient (Wildman–Crippen LogP) is 2.65. The molecule has 0 aliphatic heterocycles. The number of nitrogens with zero attached hydrogens (tertiary/aromatic N) is 3. The molecule has 5 heteroatoms. The minimum atomic E-state index is 0.502. The highest BCUT2D eigenvalue weighted by Gasteiger charge is 2.05. The number of alkyl halides is 1. The van der Waals surface area contributed by atoms with Crippen LogP contribution in [-0.4, -0.2) is 15.0 Å². The van der Waals surface area contributed by atoms with Gasteiger partial charge in [0.05, 0.1) is 5.88 Å². The summed E-state index contributed by atoms with van der Waals surface area (Å²) in [7, 11) is 0. The molecule has 14 heavy (non-hydrogen) atoms. The molecule has 2 heterocycles. The molecule has 0 aliphatic carbocycles. The van der Waals surface area contributed by atoms with Crippen LogP contribution in [0.4, 0.5) is 0 Å². The van der Waals surface area contributed by atoms with Crippen LogP contribution in [0.2, 0.25) is 0 Å². The van der Waals surface area contributed by atoms with Gasteiger partial charge in [0.25, 0.3) is 0 Å². The minimum Gasteiger partial charge on any atom is -0.243 e. The maximum Gasteiger partial charge on any atom is 0.142 e. The van der Waals surface area contributed by atoms with Crippen LogP contribution in [0.15, 0.2) is 18.5 Å². The third-order valence-corrected chi connectivity index (χ3v) is 3.15. The maximum absolute atomic E-state index is 5.70. The second kappa shape index (κ2) is 4.02. The van der Waals surface area contributed by atoms with E-state index in [0.29, 0.717) is 5.88 Å². The largest absolute Gasteiger partial charge is 0.243 e. The summed E-state index contributed by atoms with van der Waals surface area (Å²) in [4.78, 5) is 13.6. The first-order valence-corrected chi connectivity index (χ1v) is 5.45. The summed E-state index contributed by atoms with van der Waals surface area (Å²) >= 11 is 7.26. The van der Waals surface area contributed by atoms with E-state index in [4.69, 9.17) is 11.6 Å². The smallest absolute Gasteiger partial charge is 0.142 e. The normalized spacial score (nSPS) is 10.4. The number of rotatable bonds is 2. The van der Waals surface area contributed by atoms with Gasteiger partial charge >= 0.3 is 0 Å². The molecule has 0 fully saturated rings. The Morgan fingerprint density at radius 3 is 2.93 bits per heavy atom. The Balaban J connectivity index is 2.39. The van der Waals surface area contributed by atoms with Crippen LogP contribution < -0.4 is 0 Å².